The fraction of sp³-hybridized carbons (Fsp3) is 0.0833. The molecule has 1 atom stereocenters. The number of amides is 3. The van der Waals surface area contributed by atoms with Crippen LogP contribution in [0.4, 0.5) is 11.4 Å². The lowest BCUT2D eigenvalue weighted by Gasteiger charge is -2.14. The van der Waals surface area contributed by atoms with Gasteiger partial charge in [0.25, 0.3) is 11.8 Å². The number of hydrogen-bond donors (Lipinski definition) is 3. The number of ether oxygens (including phenoxy) is 1. The first kappa shape index (κ1) is 30.1. The van der Waals surface area contributed by atoms with E-state index >= 15 is 0 Å². The van der Waals surface area contributed by atoms with Gasteiger partial charge in [-0.15, -0.1) is 11.8 Å². The number of rotatable bonds is 10. The number of carbonyl (C=O) groups is 3. The van der Waals surface area contributed by atoms with E-state index in [4.69, 9.17) is 4.74 Å². The zero-order valence-corrected chi connectivity index (χ0v) is 25.1. The molecule has 7 nitrogen and oxygen atoms in total. The summed E-state index contributed by atoms with van der Waals surface area (Å²) < 4.78 is 5.31. The standard InChI is InChI=1S/C36H31N3O4S/c1-24(34(40)37-30-19-18-26-11-6-7-14-28(26)22-30)44-32-17-9-15-29(23-32)38-36(42)33(21-25-10-8-16-31(20-25)43-2)39-35(41)27-12-4-3-5-13-27/h3-24H,1-2H3,(H,37,40)(H,38,42)(H,39,41)/b33-21-. The molecule has 0 radical (unpaired) electrons. The average Bonchev–Trinajstić information content (AvgIpc) is 3.05. The van der Waals surface area contributed by atoms with Crippen molar-refractivity contribution in [1.82, 2.24) is 5.32 Å². The van der Waals surface area contributed by atoms with Crippen molar-refractivity contribution in [2.45, 2.75) is 17.1 Å². The Hall–Kier alpha value is -5.34. The first-order valence-electron chi connectivity index (χ1n) is 14.0. The Bertz CT molecular complexity index is 1840. The van der Waals surface area contributed by atoms with Crippen molar-refractivity contribution >= 4 is 57.7 Å². The molecule has 0 aromatic heterocycles. The molecule has 5 aromatic carbocycles. The van der Waals surface area contributed by atoms with Gasteiger partial charge in [-0.2, -0.15) is 0 Å². The molecule has 0 saturated heterocycles. The minimum Gasteiger partial charge on any atom is -0.497 e. The van der Waals surface area contributed by atoms with Crippen molar-refractivity contribution < 1.29 is 19.1 Å². The summed E-state index contributed by atoms with van der Waals surface area (Å²) in [6.45, 7) is 1.83. The zero-order chi connectivity index (χ0) is 30.9. The highest BCUT2D eigenvalue weighted by Gasteiger charge is 2.18. The molecule has 0 aliphatic heterocycles. The topological polar surface area (TPSA) is 96.5 Å². The SMILES string of the molecule is COc1cccc(/C=C(\NC(=O)c2ccccc2)C(=O)Nc2cccc(SC(C)C(=O)Nc3ccc4ccccc4c3)c2)c1. The molecule has 5 aromatic rings. The van der Waals surface area contributed by atoms with Crippen LogP contribution in [-0.4, -0.2) is 30.1 Å². The molecular weight excluding hydrogens is 570 g/mol. The van der Waals surface area contributed by atoms with E-state index in [1.54, 1.807) is 73.8 Å². The molecule has 5 rings (SSSR count). The minimum atomic E-state index is -0.499. The molecule has 3 N–H and O–H groups in total. The lowest BCUT2D eigenvalue weighted by Crippen LogP contribution is -2.30. The zero-order valence-electron chi connectivity index (χ0n) is 24.2. The maximum atomic E-state index is 13.5. The smallest absolute Gasteiger partial charge is 0.272 e. The van der Waals surface area contributed by atoms with Gasteiger partial charge in [0.15, 0.2) is 0 Å². The van der Waals surface area contributed by atoms with Gasteiger partial charge in [0, 0.05) is 21.8 Å². The van der Waals surface area contributed by atoms with Crippen LogP contribution in [0.3, 0.4) is 0 Å². The Balaban J connectivity index is 1.29. The summed E-state index contributed by atoms with van der Waals surface area (Å²) in [6.07, 6.45) is 1.59. The van der Waals surface area contributed by atoms with Gasteiger partial charge in [-0.25, -0.2) is 0 Å². The molecule has 1 unspecified atom stereocenters. The van der Waals surface area contributed by atoms with Gasteiger partial charge in [0.05, 0.1) is 12.4 Å². The molecule has 8 heteroatoms. The van der Waals surface area contributed by atoms with Crippen molar-refractivity contribution in [2.24, 2.45) is 0 Å². The van der Waals surface area contributed by atoms with Crippen LogP contribution in [0.1, 0.15) is 22.8 Å². The number of benzene rings is 5. The second-order valence-electron chi connectivity index (χ2n) is 9.95. The molecular formula is C36H31N3O4S. The van der Waals surface area contributed by atoms with Gasteiger partial charge in [-0.05, 0) is 83.9 Å². The van der Waals surface area contributed by atoms with E-state index in [2.05, 4.69) is 16.0 Å². The summed E-state index contributed by atoms with van der Waals surface area (Å²) in [7, 11) is 1.56. The number of thioether (sulfide) groups is 1. The summed E-state index contributed by atoms with van der Waals surface area (Å²) >= 11 is 1.38. The quantitative estimate of drug-likeness (QED) is 0.115. The summed E-state index contributed by atoms with van der Waals surface area (Å²) in [6, 6.07) is 36.9. The van der Waals surface area contributed by atoms with Crippen molar-refractivity contribution in [1.29, 1.82) is 0 Å². The van der Waals surface area contributed by atoms with E-state index in [1.165, 1.54) is 11.8 Å². The fourth-order valence-corrected chi connectivity index (χ4v) is 5.38. The third kappa shape index (κ3) is 7.93. The fourth-order valence-electron chi connectivity index (χ4n) is 4.45. The van der Waals surface area contributed by atoms with Crippen LogP contribution in [0.5, 0.6) is 5.75 Å². The molecule has 0 spiro atoms. The Labute approximate surface area is 260 Å². The Kier molecular flexibility index (Phi) is 9.74. The third-order valence-electron chi connectivity index (χ3n) is 6.72. The first-order valence-corrected chi connectivity index (χ1v) is 14.9. The Morgan fingerprint density at radius 1 is 0.727 bits per heavy atom. The lowest BCUT2D eigenvalue weighted by atomic mass is 10.1. The molecule has 0 aliphatic carbocycles. The van der Waals surface area contributed by atoms with Crippen molar-refractivity contribution in [3.63, 3.8) is 0 Å². The van der Waals surface area contributed by atoms with Gasteiger partial charge in [-0.1, -0.05) is 66.7 Å². The molecule has 0 bridgehead atoms. The Morgan fingerprint density at radius 2 is 1.45 bits per heavy atom. The maximum absolute atomic E-state index is 13.5. The molecule has 220 valence electrons. The summed E-state index contributed by atoms with van der Waals surface area (Å²) in [5.74, 6) is -0.421. The largest absolute Gasteiger partial charge is 0.497 e. The van der Waals surface area contributed by atoms with Gasteiger partial charge in [-0.3, -0.25) is 14.4 Å². The van der Waals surface area contributed by atoms with Crippen LogP contribution < -0.4 is 20.7 Å². The summed E-state index contributed by atoms with van der Waals surface area (Å²) in [5.41, 5.74) is 2.42. The normalized spacial score (nSPS) is 11.8. The summed E-state index contributed by atoms with van der Waals surface area (Å²) in [4.78, 5) is 40.2. The highest BCUT2D eigenvalue weighted by molar-refractivity contribution is 8.00. The van der Waals surface area contributed by atoms with Gasteiger partial charge in [0.1, 0.15) is 11.4 Å². The van der Waals surface area contributed by atoms with Gasteiger partial charge < -0.3 is 20.7 Å². The predicted octanol–water partition coefficient (Wildman–Crippen LogP) is 7.38. The van der Waals surface area contributed by atoms with Crippen LogP contribution in [0.15, 0.2) is 132 Å². The number of methoxy groups -OCH3 is 1. The number of nitrogens with one attached hydrogen (secondary N) is 3. The molecule has 0 saturated carbocycles. The monoisotopic (exact) mass is 601 g/mol. The van der Waals surface area contributed by atoms with E-state index in [-0.39, 0.29) is 11.6 Å². The van der Waals surface area contributed by atoms with Gasteiger partial charge in [0.2, 0.25) is 5.91 Å². The third-order valence-corrected chi connectivity index (χ3v) is 7.82. The minimum absolute atomic E-state index is 0.0632. The van der Waals surface area contributed by atoms with Crippen LogP contribution in [0.2, 0.25) is 0 Å². The second-order valence-corrected chi connectivity index (χ2v) is 11.4. The molecule has 0 heterocycles. The van der Waals surface area contributed by atoms with E-state index in [1.807, 2.05) is 67.6 Å². The van der Waals surface area contributed by atoms with Crippen LogP contribution >= 0.6 is 11.8 Å². The highest BCUT2D eigenvalue weighted by Crippen LogP contribution is 2.28. The first-order chi connectivity index (χ1) is 21.4. The molecule has 3 amide bonds. The maximum Gasteiger partial charge on any atom is 0.272 e. The highest BCUT2D eigenvalue weighted by atomic mass is 32.2. The number of carbonyl (C=O) groups excluding carboxylic acids is 3. The van der Waals surface area contributed by atoms with Crippen LogP contribution in [-0.2, 0) is 9.59 Å². The van der Waals surface area contributed by atoms with Crippen molar-refractivity contribution in [3.05, 3.63) is 138 Å². The summed E-state index contributed by atoms with van der Waals surface area (Å²) in [5, 5.41) is 10.4. The number of hydrogen-bond acceptors (Lipinski definition) is 5. The van der Waals surface area contributed by atoms with Gasteiger partial charge >= 0.3 is 0 Å². The van der Waals surface area contributed by atoms with Crippen molar-refractivity contribution in [3.8, 4) is 5.75 Å². The van der Waals surface area contributed by atoms with E-state index in [0.717, 1.165) is 21.4 Å². The van der Waals surface area contributed by atoms with Crippen LogP contribution in [0.25, 0.3) is 16.8 Å². The molecule has 0 aliphatic rings. The van der Waals surface area contributed by atoms with Crippen molar-refractivity contribution in [2.75, 3.05) is 17.7 Å². The average molecular weight is 602 g/mol. The van der Waals surface area contributed by atoms with E-state index in [9.17, 15) is 14.4 Å². The number of fused-ring (bicyclic) bond motifs is 1. The molecule has 44 heavy (non-hydrogen) atoms. The molecule has 0 fully saturated rings. The lowest BCUT2D eigenvalue weighted by molar-refractivity contribution is -0.115. The Morgan fingerprint density at radius 3 is 2.25 bits per heavy atom. The van der Waals surface area contributed by atoms with E-state index in [0.29, 0.717) is 22.6 Å². The number of anilines is 2. The van der Waals surface area contributed by atoms with Crippen LogP contribution in [0, 0.1) is 0 Å². The predicted molar refractivity (Wildman–Crippen MR) is 178 cm³/mol. The van der Waals surface area contributed by atoms with E-state index < -0.39 is 17.1 Å². The second kappa shape index (κ2) is 14.2.